The van der Waals surface area contributed by atoms with Gasteiger partial charge in [-0.15, -0.1) is 0 Å². The van der Waals surface area contributed by atoms with Crippen molar-refractivity contribution in [1.82, 2.24) is 9.29 Å². The number of fused-ring (bicyclic) bond motifs is 1. The Morgan fingerprint density at radius 3 is 2.47 bits per heavy atom. The first kappa shape index (κ1) is 20.6. The van der Waals surface area contributed by atoms with Gasteiger partial charge in [-0.05, 0) is 49.7 Å². The number of aromatic nitrogens is 1. The van der Waals surface area contributed by atoms with Crippen LogP contribution in [0.3, 0.4) is 0 Å². The number of rotatable bonds is 5. The monoisotopic (exact) mass is 427 g/mol. The van der Waals surface area contributed by atoms with Crippen molar-refractivity contribution in [2.45, 2.75) is 37.4 Å². The number of carbonyl (C=O) groups excluding carboxylic acids is 1. The molecule has 0 bridgehead atoms. The molecule has 1 amide bonds. The van der Waals surface area contributed by atoms with Crippen molar-refractivity contribution >= 4 is 32.5 Å². The first-order valence-electron chi connectivity index (χ1n) is 9.93. The SMILES string of the molecule is C[C@@H]1CN(S(=O)(=O)c2ccc(NC(=O)Cc3c[nH]c4ccccc34)cc2)C[C@@H](C)O1. The van der Waals surface area contributed by atoms with Gasteiger partial charge in [-0.25, -0.2) is 8.42 Å². The quantitative estimate of drug-likeness (QED) is 0.654. The Morgan fingerprint density at radius 2 is 1.77 bits per heavy atom. The van der Waals surface area contributed by atoms with Gasteiger partial charge >= 0.3 is 0 Å². The van der Waals surface area contributed by atoms with Gasteiger partial charge in [0.2, 0.25) is 15.9 Å². The predicted octanol–water partition coefficient (Wildman–Crippen LogP) is 3.15. The number of carbonyl (C=O) groups is 1. The van der Waals surface area contributed by atoms with Gasteiger partial charge in [0.25, 0.3) is 0 Å². The van der Waals surface area contributed by atoms with Gasteiger partial charge in [0, 0.05) is 35.9 Å². The summed E-state index contributed by atoms with van der Waals surface area (Å²) in [5.74, 6) is -0.161. The van der Waals surface area contributed by atoms with Crippen LogP contribution in [-0.4, -0.2) is 48.9 Å². The van der Waals surface area contributed by atoms with Crippen molar-refractivity contribution in [3.8, 4) is 0 Å². The summed E-state index contributed by atoms with van der Waals surface area (Å²) in [5.41, 5.74) is 2.46. The molecule has 2 aromatic carbocycles. The number of H-pyrrole nitrogens is 1. The maximum atomic E-state index is 12.9. The molecule has 2 atom stereocenters. The molecule has 0 radical (unpaired) electrons. The lowest BCUT2D eigenvalue weighted by Gasteiger charge is -2.34. The number of aromatic amines is 1. The number of hydrogen-bond donors (Lipinski definition) is 2. The summed E-state index contributed by atoms with van der Waals surface area (Å²) in [6.45, 7) is 4.39. The summed E-state index contributed by atoms with van der Waals surface area (Å²) < 4.78 is 32.9. The number of amides is 1. The van der Waals surface area contributed by atoms with E-state index in [0.717, 1.165) is 16.5 Å². The van der Waals surface area contributed by atoms with E-state index in [2.05, 4.69) is 10.3 Å². The Labute approximate surface area is 176 Å². The third kappa shape index (κ3) is 4.26. The molecule has 158 valence electrons. The number of nitrogens with one attached hydrogen (secondary N) is 2. The van der Waals surface area contributed by atoms with E-state index in [-0.39, 0.29) is 29.4 Å². The lowest BCUT2D eigenvalue weighted by atomic mass is 10.1. The maximum absolute atomic E-state index is 12.9. The molecule has 7 nitrogen and oxygen atoms in total. The zero-order valence-corrected chi connectivity index (χ0v) is 17.8. The number of benzene rings is 2. The van der Waals surface area contributed by atoms with E-state index in [1.54, 1.807) is 12.1 Å². The van der Waals surface area contributed by atoms with E-state index >= 15 is 0 Å². The van der Waals surface area contributed by atoms with Gasteiger partial charge in [0.15, 0.2) is 0 Å². The molecule has 3 aromatic rings. The Kier molecular flexibility index (Phi) is 5.64. The normalized spacial score (nSPS) is 20.3. The zero-order chi connectivity index (χ0) is 21.3. The number of nitrogens with zero attached hydrogens (tertiary/aromatic N) is 1. The van der Waals surface area contributed by atoms with Crippen LogP contribution in [-0.2, 0) is 26.0 Å². The fourth-order valence-electron chi connectivity index (χ4n) is 3.84. The van der Waals surface area contributed by atoms with Crippen LogP contribution in [0.2, 0.25) is 0 Å². The molecule has 1 aliphatic rings. The minimum absolute atomic E-state index is 0.147. The van der Waals surface area contributed by atoms with E-state index in [1.807, 2.05) is 44.3 Å². The van der Waals surface area contributed by atoms with Crippen molar-refractivity contribution in [2.24, 2.45) is 0 Å². The molecule has 0 aliphatic carbocycles. The van der Waals surface area contributed by atoms with E-state index in [9.17, 15) is 13.2 Å². The molecule has 8 heteroatoms. The molecule has 1 fully saturated rings. The Balaban J connectivity index is 1.43. The highest BCUT2D eigenvalue weighted by Crippen LogP contribution is 2.23. The molecule has 0 spiro atoms. The fourth-order valence-corrected chi connectivity index (χ4v) is 5.43. The Morgan fingerprint density at radius 1 is 1.10 bits per heavy atom. The summed E-state index contributed by atoms with van der Waals surface area (Å²) in [7, 11) is -3.60. The lowest BCUT2D eigenvalue weighted by molar-refractivity contribution is -0.115. The van der Waals surface area contributed by atoms with Gasteiger partial charge in [-0.2, -0.15) is 4.31 Å². The van der Waals surface area contributed by atoms with Gasteiger partial charge < -0.3 is 15.0 Å². The van der Waals surface area contributed by atoms with E-state index in [0.29, 0.717) is 18.8 Å². The molecule has 1 saturated heterocycles. The molecule has 0 unspecified atom stereocenters. The average Bonchev–Trinajstić information content (AvgIpc) is 3.10. The summed E-state index contributed by atoms with van der Waals surface area (Å²) in [6, 6.07) is 14.1. The van der Waals surface area contributed by atoms with Crippen LogP contribution >= 0.6 is 0 Å². The highest BCUT2D eigenvalue weighted by atomic mass is 32.2. The molecule has 0 saturated carbocycles. The van der Waals surface area contributed by atoms with Crippen LogP contribution in [0.25, 0.3) is 10.9 Å². The number of hydrogen-bond acceptors (Lipinski definition) is 4. The molecular formula is C22H25N3O4S. The molecular weight excluding hydrogens is 402 g/mol. The van der Waals surface area contributed by atoms with Gasteiger partial charge in [0.1, 0.15) is 0 Å². The first-order chi connectivity index (χ1) is 14.3. The Hall–Kier alpha value is -2.68. The number of morpholine rings is 1. The standard InChI is InChI=1S/C22H25N3O4S/c1-15-13-25(14-16(2)29-15)30(27,28)19-9-7-18(8-10-19)24-22(26)11-17-12-23-21-6-4-3-5-20(17)21/h3-10,12,15-16,23H,11,13-14H2,1-2H3,(H,24,26)/t15-,16-/m1/s1. The topological polar surface area (TPSA) is 91.5 Å². The van der Waals surface area contributed by atoms with E-state index < -0.39 is 10.0 Å². The number of ether oxygens (including phenoxy) is 1. The van der Waals surface area contributed by atoms with Gasteiger partial charge in [-0.1, -0.05) is 18.2 Å². The van der Waals surface area contributed by atoms with Crippen LogP contribution in [0.5, 0.6) is 0 Å². The lowest BCUT2D eigenvalue weighted by Crippen LogP contribution is -2.48. The molecule has 2 N–H and O–H groups in total. The molecule has 1 aromatic heterocycles. The highest BCUT2D eigenvalue weighted by Gasteiger charge is 2.32. The largest absolute Gasteiger partial charge is 0.373 e. The van der Waals surface area contributed by atoms with E-state index in [1.165, 1.54) is 16.4 Å². The second-order valence-electron chi connectivity index (χ2n) is 7.69. The van der Waals surface area contributed by atoms with E-state index in [4.69, 9.17) is 4.74 Å². The predicted molar refractivity (Wildman–Crippen MR) is 116 cm³/mol. The number of sulfonamides is 1. The number of anilines is 1. The number of para-hydroxylation sites is 1. The summed E-state index contributed by atoms with van der Waals surface area (Å²) >= 11 is 0. The van der Waals surface area contributed by atoms with Crippen LogP contribution in [0, 0.1) is 0 Å². The minimum atomic E-state index is -3.60. The molecule has 4 rings (SSSR count). The summed E-state index contributed by atoms with van der Waals surface area (Å²) in [6.07, 6.45) is 1.77. The third-order valence-electron chi connectivity index (χ3n) is 5.19. The minimum Gasteiger partial charge on any atom is -0.373 e. The first-order valence-corrected chi connectivity index (χ1v) is 11.4. The smallest absolute Gasteiger partial charge is 0.243 e. The maximum Gasteiger partial charge on any atom is 0.243 e. The van der Waals surface area contributed by atoms with Crippen molar-refractivity contribution < 1.29 is 17.9 Å². The highest BCUT2D eigenvalue weighted by molar-refractivity contribution is 7.89. The molecule has 1 aliphatic heterocycles. The van der Waals surface area contributed by atoms with Crippen molar-refractivity contribution in [3.05, 3.63) is 60.3 Å². The Bertz CT molecular complexity index is 1140. The second-order valence-corrected chi connectivity index (χ2v) is 9.63. The van der Waals surface area contributed by atoms with Gasteiger partial charge in [0.05, 0.1) is 23.5 Å². The zero-order valence-electron chi connectivity index (χ0n) is 17.0. The second kappa shape index (κ2) is 8.22. The average molecular weight is 428 g/mol. The summed E-state index contributed by atoms with van der Waals surface area (Å²) in [4.78, 5) is 15.8. The van der Waals surface area contributed by atoms with Crippen molar-refractivity contribution in [2.75, 3.05) is 18.4 Å². The molecule has 30 heavy (non-hydrogen) atoms. The summed E-state index contributed by atoms with van der Waals surface area (Å²) in [5, 5.41) is 3.85. The van der Waals surface area contributed by atoms with Crippen LogP contribution in [0.4, 0.5) is 5.69 Å². The third-order valence-corrected chi connectivity index (χ3v) is 7.03. The fraction of sp³-hybridized carbons (Fsp3) is 0.318. The van der Waals surface area contributed by atoms with Crippen LogP contribution < -0.4 is 5.32 Å². The van der Waals surface area contributed by atoms with Crippen molar-refractivity contribution in [3.63, 3.8) is 0 Å². The van der Waals surface area contributed by atoms with Crippen LogP contribution in [0.1, 0.15) is 19.4 Å². The van der Waals surface area contributed by atoms with Crippen molar-refractivity contribution in [1.29, 1.82) is 0 Å². The van der Waals surface area contributed by atoms with Gasteiger partial charge in [-0.3, -0.25) is 4.79 Å². The molecule has 2 heterocycles. The van der Waals surface area contributed by atoms with Crippen LogP contribution in [0.15, 0.2) is 59.6 Å².